The second-order valence-electron chi connectivity index (χ2n) is 6.03. The molecular formula is C14H16F3N3O4S. The number of anilines is 1. The number of amides is 2. The monoisotopic (exact) mass is 379 g/mol. The van der Waals surface area contributed by atoms with Crippen molar-refractivity contribution in [2.45, 2.75) is 25.1 Å². The zero-order valence-electron chi connectivity index (χ0n) is 13.2. The number of nitrogens with one attached hydrogen (secondary N) is 2. The van der Waals surface area contributed by atoms with E-state index in [1.165, 1.54) is 6.07 Å². The van der Waals surface area contributed by atoms with Crippen LogP contribution >= 0.6 is 0 Å². The lowest BCUT2D eigenvalue weighted by molar-refractivity contribution is -0.138. The summed E-state index contributed by atoms with van der Waals surface area (Å²) in [6.45, 7) is 0.407. The van der Waals surface area contributed by atoms with Crippen molar-refractivity contribution >= 4 is 21.7 Å². The maximum Gasteiger partial charge on any atom is 0.416 e. The highest BCUT2D eigenvalue weighted by Gasteiger charge is 2.38. The van der Waals surface area contributed by atoms with Gasteiger partial charge in [-0.2, -0.15) is 13.2 Å². The third-order valence-electron chi connectivity index (χ3n) is 4.04. The molecule has 1 atom stereocenters. The summed E-state index contributed by atoms with van der Waals surface area (Å²) < 4.78 is 68.1. The van der Waals surface area contributed by atoms with Crippen LogP contribution in [0.4, 0.5) is 23.7 Å². The minimum atomic E-state index is -4.57. The number of alkyl halides is 3. The standard InChI is InChI=1S/C14H16F3N3O4S/c1-25(22,23)19-20-6-9-4-10(8-2-3-24-7-8)11(14(15,16)17)5-12(9)18-13(20)21/h4-5,8,19H,2-3,6-7H2,1H3,(H,18,21). The number of sulfonamides is 1. The number of carbonyl (C=O) groups is 1. The number of hydrogen-bond acceptors (Lipinski definition) is 4. The molecule has 1 unspecified atom stereocenters. The molecule has 2 N–H and O–H groups in total. The van der Waals surface area contributed by atoms with Crippen LogP contribution in [0.3, 0.4) is 0 Å². The zero-order valence-corrected chi connectivity index (χ0v) is 14.0. The van der Waals surface area contributed by atoms with Crippen molar-refractivity contribution in [3.63, 3.8) is 0 Å². The van der Waals surface area contributed by atoms with E-state index in [2.05, 4.69) is 5.32 Å². The van der Waals surface area contributed by atoms with Crippen molar-refractivity contribution in [1.29, 1.82) is 0 Å². The van der Waals surface area contributed by atoms with Gasteiger partial charge in [0.1, 0.15) is 0 Å². The molecule has 2 aliphatic heterocycles. The summed E-state index contributed by atoms with van der Waals surface area (Å²) >= 11 is 0. The lowest BCUT2D eigenvalue weighted by Gasteiger charge is -2.30. The molecule has 0 saturated carbocycles. The van der Waals surface area contributed by atoms with E-state index in [4.69, 9.17) is 4.74 Å². The molecule has 0 bridgehead atoms. The number of hydrogen-bond donors (Lipinski definition) is 2. The fourth-order valence-electron chi connectivity index (χ4n) is 2.97. The molecule has 1 saturated heterocycles. The first-order chi connectivity index (χ1) is 11.5. The zero-order chi connectivity index (χ0) is 18.4. The Bertz CT molecular complexity index is 804. The van der Waals surface area contributed by atoms with Crippen molar-refractivity contribution in [1.82, 2.24) is 9.84 Å². The number of nitrogens with zero attached hydrogens (tertiary/aromatic N) is 1. The van der Waals surface area contributed by atoms with Gasteiger partial charge in [0.2, 0.25) is 10.0 Å². The van der Waals surface area contributed by atoms with E-state index < -0.39 is 33.7 Å². The topological polar surface area (TPSA) is 87.7 Å². The van der Waals surface area contributed by atoms with Gasteiger partial charge in [0.25, 0.3) is 0 Å². The molecule has 2 amide bonds. The third kappa shape index (κ3) is 3.88. The summed E-state index contributed by atoms with van der Waals surface area (Å²) in [6, 6.07) is 1.43. The molecule has 2 aliphatic rings. The minimum absolute atomic E-state index is 0.0199. The maximum atomic E-state index is 13.4. The molecule has 1 fully saturated rings. The van der Waals surface area contributed by atoms with Crippen molar-refractivity contribution in [3.05, 3.63) is 28.8 Å². The predicted octanol–water partition coefficient (Wildman–Crippen LogP) is 2.02. The van der Waals surface area contributed by atoms with Crippen LogP contribution in [0.1, 0.15) is 29.0 Å². The van der Waals surface area contributed by atoms with Crippen LogP contribution in [0.2, 0.25) is 0 Å². The number of carbonyl (C=O) groups excluding carboxylic acids is 1. The Kier molecular flexibility index (Phi) is 4.41. The van der Waals surface area contributed by atoms with E-state index in [0.29, 0.717) is 18.6 Å². The molecule has 11 heteroatoms. The Balaban J connectivity index is 2.02. The Morgan fingerprint density at radius 3 is 2.64 bits per heavy atom. The number of rotatable bonds is 3. The fraction of sp³-hybridized carbons (Fsp3) is 0.500. The molecule has 0 radical (unpaired) electrons. The van der Waals surface area contributed by atoms with Gasteiger partial charge in [-0.1, -0.05) is 6.07 Å². The summed E-state index contributed by atoms with van der Waals surface area (Å²) in [5, 5.41) is 3.10. The van der Waals surface area contributed by atoms with Crippen molar-refractivity contribution in [2.24, 2.45) is 0 Å². The number of fused-ring (bicyclic) bond motifs is 1. The quantitative estimate of drug-likeness (QED) is 0.841. The third-order valence-corrected chi connectivity index (χ3v) is 4.59. The molecule has 1 aromatic rings. The van der Waals surface area contributed by atoms with E-state index in [0.717, 1.165) is 17.3 Å². The Morgan fingerprint density at radius 2 is 2.08 bits per heavy atom. The summed E-state index contributed by atoms with van der Waals surface area (Å²) in [4.78, 5) is 14.0. The van der Waals surface area contributed by atoms with E-state index in [1.807, 2.05) is 4.83 Å². The van der Waals surface area contributed by atoms with Crippen LogP contribution < -0.4 is 10.1 Å². The molecule has 3 rings (SSSR count). The van der Waals surface area contributed by atoms with Crippen LogP contribution in [0.25, 0.3) is 0 Å². The number of urea groups is 1. The molecule has 0 spiro atoms. The average Bonchev–Trinajstić information content (AvgIpc) is 2.98. The van der Waals surface area contributed by atoms with Crippen LogP contribution in [0, 0.1) is 0 Å². The Morgan fingerprint density at radius 1 is 1.36 bits per heavy atom. The van der Waals surface area contributed by atoms with Crippen molar-refractivity contribution < 1.29 is 31.1 Å². The summed E-state index contributed by atoms with van der Waals surface area (Å²) in [6.07, 6.45) is -3.22. The number of ether oxygens (including phenoxy) is 1. The maximum absolute atomic E-state index is 13.4. The van der Waals surface area contributed by atoms with Gasteiger partial charge in [-0.3, -0.25) is 0 Å². The normalized spacial score (nSPS) is 21.2. The molecule has 0 aliphatic carbocycles. The van der Waals surface area contributed by atoms with Gasteiger partial charge in [0.15, 0.2) is 0 Å². The van der Waals surface area contributed by atoms with Gasteiger partial charge in [0.05, 0.1) is 25.0 Å². The summed E-state index contributed by atoms with van der Waals surface area (Å²) in [7, 11) is -3.70. The summed E-state index contributed by atoms with van der Waals surface area (Å²) in [5.41, 5.74) is -0.303. The molecule has 7 nitrogen and oxygen atoms in total. The van der Waals surface area contributed by atoms with Gasteiger partial charge >= 0.3 is 12.2 Å². The van der Waals surface area contributed by atoms with E-state index >= 15 is 0 Å². The van der Waals surface area contributed by atoms with Gasteiger partial charge in [0, 0.05) is 18.2 Å². The lowest BCUT2D eigenvalue weighted by Crippen LogP contribution is -2.49. The predicted molar refractivity (Wildman–Crippen MR) is 82.2 cm³/mol. The minimum Gasteiger partial charge on any atom is -0.381 e. The molecule has 138 valence electrons. The lowest BCUT2D eigenvalue weighted by atomic mass is 9.90. The van der Waals surface area contributed by atoms with E-state index in [9.17, 15) is 26.4 Å². The first-order valence-electron chi connectivity index (χ1n) is 7.42. The second-order valence-corrected chi connectivity index (χ2v) is 7.76. The largest absolute Gasteiger partial charge is 0.416 e. The van der Waals surface area contributed by atoms with E-state index in [1.54, 1.807) is 0 Å². The van der Waals surface area contributed by atoms with Gasteiger partial charge in [-0.25, -0.2) is 18.2 Å². The number of halogens is 3. The van der Waals surface area contributed by atoms with Gasteiger partial charge < -0.3 is 10.1 Å². The number of hydrazine groups is 1. The highest BCUT2D eigenvalue weighted by Crippen LogP contribution is 2.41. The SMILES string of the molecule is CS(=O)(=O)NN1Cc2cc(C3CCOC3)c(C(F)(F)F)cc2NC1=O. The summed E-state index contributed by atoms with van der Waals surface area (Å²) in [5.74, 6) is -0.393. The van der Waals surface area contributed by atoms with Crippen LogP contribution in [-0.2, 0) is 27.5 Å². The van der Waals surface area contributed by atoms with Crippen LogP contribution in [-0.4, -0.2) is 38.9 Å². The van der Waals surface area contributed by atoms with Crippen LogP contribution in [0.5, 0.6) is 0 Å². The number of benzene rings is 1. The Labute approximate surface area is 142 Å². The first kappa shape index (κ1) is 18.0. The van der Waals surface area contributed by atoms with Crippen molar-refractivity contribution in [3.8, 4) is 0 Å². The average molecular weight is 379 g/mol. The molecule has 1 aromatic carbocycles. The van der Waals surface area contributed by atoms with Crippen LogP contribution in [0.15, 0.2) is 12.1 Å². The molecule has 2 heterocycles. The Hall–Kier alpha value is -1.85. The smallest absolute Gasteiger partial charge is 0.381 e. The fourth-order valence-corrected chi connectivity index (χ4v) is 3.52. The second kappa shape index (κ2) is 6.15. The van der Waals surface area contributed by atoms with Crippen molar-refractivity contribution in [2.75, 3.05) is 24.8 Å². The van der Waals surface area contributed by atoms with Gasteiger partial charge in [-0.15, -0.1) is 4.83 Å². The van der Waals surface area contributed by atoms with Gasteiger partial charge in [-0.05, 0) is 23.6 Å². The highest BCUT2D eigenvalue weighted by atomic mass is 32.2. The molecule has 0 aromatic heterocycles. The molecular weight excluding hydrogens is 363 g/mol. The van der Waals surface area contributed by atoms with E-state index in [-0.39, 0.29) is 24.4 Å². The highest BCUT2D eigenvalue weighted by molar-refractivity contribution is 7.88. The molecule has 25 heavy (non-hydrogen) atoms. The first-order valence-corrected chi connectivity index (χ1v) is 9.31.